The highest BCUT2D eigenvalue weighted by molar-refractivity contribution is 5.81. The average molecular weight is 328 g/mol. The number of anilines is 1. The van der Waals surface area contributed by atoms with Crippen molar-refractivity contribution in [1.29, 1.82) is 0 Å². The summed E-state index contributed by atoms with van der Waals surface area (Å²) in [6, 6.07) is 6.24. The number of benzene rings is 1. The predicted molar refractivity (Wildman–Crippen MR) is 93.2 cm³/mol. The number of fused-ring (bicyclic) bond motifs is 1. The van der Waals surface area contributed by atoms with Gasteiger partial charge in [0.25, 0.3) is 0 Å². The van der Waals surface area contributed by atoms with Gasteiger partial charge in [-0.15, -0.1) is 0 Å². The second kappa shape index (κ2) is 6.43. The lowest BCUT2D eigenvalue weighted by Crippen LogP contribution is -2.48. The number of aromatic nitrogens is 2. The zero-order chi connectivity index (χ0) is 16.5. The Morgan fingerprint density at radius 3 is 2.96 bits per heavy atom. The third-order valence-corrected chi connectivity index (χ3v) is 5.02. The van der Waals surface area contributed by atoms with Gasteiger partial charge in [0, 0.05) is 26.2 Å². The molecule has 2 aliphatic rings. The van der Waals surface area contributed by atoms with Crippen LogP contribution in [0, 0.1) is 12.8 Å². The van der Waals surface area contributed by atoms with E-state index in [4.69, 9.17) is 9.72 Å². The zero-order valence-corrected chi connectivity index (χ0v) is 14.1. The van der Waals surface area contributed by atoms with Crippen molar-refractivity contribution >= 4 is 22.9 Å². The van der Waals surface area contributed by atoms with Crippen molar-refractivity contribution in [1.82, 2.24) is 14.9 Å². The molecule has 0 bridgehead atoms. The highest BCUT2D eigenvalue weighted by Crippen LogP contribution is 2.25. The number of hydrogen-bond donors (Lipinski definition) is 1. The van der Waals surface area contributed by atoms with Crippen LogP contribution in [0.4, 0.5) is 5.95 Å². The minimum absolute atomic E-state index is 0.0619. The van der Waals surface area contributed by atoms with E-state index in [2.05, 4.69) is 28.9 Å². The van der Waals surface area contributed by atoms with E-state index in [1.165, 1.54) is 5.56 Å². The Labute approximate surface area is 141 Å². The van der Waals surface area contributed by atoms with Crippen LogP contribution in [0.15, 0.2) is 18.2 Å². The lowest BCUT2D eigenvalue weighted by atomic mass is 9.96. The highest BCUT2D eigenvalue weighted by Gasteiger charge is 2.31. The predicted octanol–water partition coefficient (Wildman–Crippen LogP) is 1.95. The maximum absolute atomic E-state index is 12.8. The molecule has 1 atom stereocenters. The van der Waals surface area contributed by atoms with Crippen LogP contribution in [0.3, 0.4) is 0 Å². The smallest absolute Gasteiger partial charge is 0.227 e. The topological polar surface area (TPSA) is 61.5 Å². The summed E-state index contributed by atoms with van der Waals surface area (Å²) >= 11 is 0. The quantitative estimate of drug-likeness (QED) is 0.915. The fourth-order valence-corrected chi connectivity index (χ4v) is 3.67. The normalized spacial score (nSPS) is 22.1. The van der Waals surface area contributed by atoms with E-state index >= 15 is 0 Å². The molecule has 2 fully saturated rings. The van der Waals surface area contributed by atoms with E-state index in [1.54, 1.807) is 0 Å². The molecule has 0 spiro atoms. The molecule has 1 amide bonds. The van der Waals surface area contributed by atoms with E-state index < -0.39 is 0 Å². The van der Waals surface area contributed by atoms with Gasteiger partial charge in [-0.25, -0.2) is 4.98 Å². The summed E-state index contributed by atoms with van der Waals surface area (Å²) in [4.78, 5) is 25.1. The maximum atomic E-state index is 12.8. The molecule has 24 heavy (non-hydrogen) atoms. The standard InChI is InChI=1S/C18H24N4O2/c1-13-4-5-15-16(11-13)20-18(19-15)22-6-2-3-14(12-22)17(23)21-7-9-24-10-8-21/h4-5,11,14H,2-3,6-10,12H2,1H3,(H,19,20). The van der Waals surface area contributed by atoms with E-state index in [9.17, 15) is 4.79 Å². The molecule has 1 aromatic carbocycles. The van der Waals surface area contributed by atoms with Crippen molar-refractivity contribution in [2.75, 3.05) is 44.3 Å². The number of H-pyrrole nitrogens is 1. The second-order valence-corrected chi connectivity index (χ2v) is 6.80. The van der Waals surface area contributed by atoms with Crippen LogP contribution < -0.4 is 4.90 Å². The average Bonchev–Trinajstić information content (AvgIpc) is 3.05. The monoisotopic (exact) mass is 328 g/mol. The lowest BCUT2D eigenvalue weighted by Gasteiger charge is -2.36. The molecule has 1 aromatic heterocycles. The SMILES string of the molecule is Cc1ccc2nc(N3CCCC(C(=O)N4CCOCC4)C3)[nH]c2c1. The molecule has 0 radical (unpaired) electrons. The molecular weight excluding hydrogens is 304 g/mol. The number of carbonyl (C=O) groups excluding carboxylic acids is 1. The van der Waals surface area contributed by atoms with E-state index in [-0.39, 0.29) is 11.8 Å². The van der Waals surface area contributed by atoms with Gasteiger partial charge in [-0.1, -0.05) is 6.07 Å². The fraction of sp³-hybridized carbons (Fsp3) is 0.556. The van der Waals surface area contributed by atoms with Gasteiger partial charge in [0.2, 0.25) is 11.9 Å². The summed E-state index contributed by atoms with van der Waals surface area (Å²) in [6.07, 6.45) is 1.99. The molecule has 1 N–H and O–H groups in total. The molecule has 2 aromatic rings. The molecule has 4 rings (SSSR count). The van der Waals surface area contributed by atoms with E-state index in [1.807, 2.05) is 11.0 Å². The number of morpholine rings is 1. The molecule has 0 saturated carbocycles. The van der Waals surface area contributed by atoms with Crippen molar-refractivity contribution < 1.29 is 9.53 Å². The van der Waals surface area contributed by atoms with Gasteiger partial charge < -0.3 is 19.5 Å². The first-order chi connectivity index (χ1) is 11.7. The molecule has 2 aliphatic heterocycles. The minimum atomic E-state index is 0.0619. The summed E-state index contributed by atoms with van der Waals surface area (Å²) in [5, 5.41) is 0. The molecule has 6 nitrogen and oxygen atoms in total. The first-order valence-electron chi connectivity index (χ1n) is 8.78. The summed E-state index contributed by atoms with van der Waals surface area (Å²) in [5.41, 5.74) is 3.26. The maximum Gasteiger partial charge on any atom is 0.227 e. The van der Waals surface area contributed by atoms with Crippen LogP contribution in [-0.4, -0.2) is 60.2 Å². The van der Waals surface area contributed by atoms with Crippen molar-refractivity contribution in [3.8, 4) is 0 Å². The number of hydrogen-bond acceptors (Lipinski definition) is 4. The van der Waals surface area contributed by atoms with Gasteiger partial charge >= 0.3 is 0 Å². The lowest BCUT2D eigenvalue weighted by molar-refractivity contribution is -0.139. The molecule has 6 heteroatoms. The third kappa shape index (κ3) is 2.98. The number of amides is 1. The summed E-state index contributed by atoms with van der Waals surface area (Å²) in [5.74, 6) is 1.22. The molecule has 2 saturated heterocycles. The number of aryl methyl sites for hydroxylation is 1. The number of imidazole rings is 1. The van der Waals surface area contributed by atoms with Crippen LogP contribution >= 0.6 is 0 Å². The van der Waals surface area contributed by atoms with Crippen LogP contribution in [0.1, 0.15) is 18.4 Å². The van der Waals surface area contributed by atoms with Crippen molar-refractivity contribution in [3.63, 3.8) is 0 Å². The minimum Gasteiger partial charge on any atom is -0.378 e. The highest BCUT2D eigenvalue weighted by atomic mass is 16.5. The number of carbonyl (C=O) groups is 1. The number of piperidine rings is 1. The Hall–Kier alpha value is -2.08. The van der Waals surface area contributed by atoms with Crippen molar-refractivity contribution in [3.05, 3.63) is 23.8 Å². The fourth-order valence-electron chi connectivity index (χ4n) is 3.67. The first kappa shape index (κ1) is 15.4. The number of rotatable bonds is 2. The van der Waals surface area contributed by atoms with Gasteiger partial charge in [0.05, 0.1) is 30.2 Å². The van der Waals surface area contributed by atoms with Crippen LogP contribution in [0.5, 0.6) is 0 Å². The van der Waals surface area contributed by atoms with E-state index in [0.29, 0.717) is 13.2 Å². The Morgan fingerprint density at radius 2 is 2.12 bits per heavy atom. The Bertz CT molecular complexity index is 736. The van der Waals surface area contributed by atoms with Gasteiger partial charge in [-0.05, 0) is 37.5 Å². The van der Waals surface area contributed by atoms with Gasteiger partial charge in [0.1, 0.15) is 0 Å². The summed E-state index contributed by atoms with van der Waals surface area (Å²) in [7, 11) is 0. The molecule has 1 unspecified atom stereocenters. The zero-order valence-electron chi connectivity index (χ0n) is 14.1. The largest absolute Gasteiger partial charge is 0.378 e. The van der Waals surface area contributed by atoms with Gasteiger partial charge in [0.15, 0.2) is 0 Å². The third-order valence-electron chi connectivity index (χ3n) is 5.02. The molecule has 128 valence electrons. The molecule has 3 heterocycles. The Kier molecular flexibility index (Phi) is 4.14. The van der Waals surface area contributed by atoms with Crippen molar-refractivity contribution in [2.24, 2.45) is 5.92 Å². The van der Waals surface area contributed by atoms with Gasteiger partial charge in [-0.3, -0.25) is 4.79 Å². The summed E-state index contributed by atoms with van der Waals surface area (Å²) < 4.78 is 5.35. The summed E-state index contributed by atoms with van der Waals surface area (Å²) in [6.45, 7) is 6.53. The number of ether oxygens (including phenoxy) is 1. The van der Waals surface area contributed by atoms with Crippen LogP contribution in [0.2, 0.25) is 0 Å². The Balaban J connectivity index is 1.50. The van der Waals surface area contributed by atoms with Crippen LogP contribution in [-0.2, 0) is 9.53 Å². The second-order valence-electron chi connectivity index (χ2n) is 6.80. The van der Waals surface area contributed by atoms with Crippen LogP contribution in [0.25, 0.3) is 11.0 Å². The molecule has 0 aliphatic carbocycles. The van der Waals surface area contributed by atoms with Crippen molar-refractivity contribution in [2.45, 2.75) is 19.8 Å². The molecular formula is C18H24N4O2. The number of nitrogens with one attached hydrogen (secondary N) is 1. The van der Waals surface area contributed by atoms with Gasteiger partial charge in [-0.2, -0.15) is 0 Å². The first-order valence-corrected chi connectivity index (χ1v) is 8.78. The number of nitrogens with zero attached hydrogens (tertiary/aromatic N) is 3. The Morgan fingerprint density at radius 1 is 1.29 bits per heavy atom. The number of aromatic amines is 1. The van der Waals surface area contributed by atoms with E-state index in [0.717, 1.165) is 56.0 Å².